The first-order chi connectivity index (χ1) is 7.26. The number of benzene rings is 1. The van der Waals surface area contributed by atoms with Crippen LogP contribution in [-0.2, 0) is 0 Å². The molecule has 0 aliphatic heterocycles. The zero-order valence-corrected chi connectivity index (χ0v) is 9.41. The molecule has 0 bridgehead atoms. The van der Waals surface area contributed by atoms with Gasteiger partial charge in [0.1, 0.15) is 5.75 Å². The molecule has 1 unspecified atom stereocenters. The number of ether oxygens (including phenoxy) is 1. The van der Waals surface area contributed by atoms with Crippen LogP contribution in [0.15, 0.2) is 24.3 Å². The predicted molar refractivity (Wildman–Crippen MR) is 64.0 cm³/mol. The Kier molecular flexibility index (Phi) is 4.66. The molecular formula is C11H12NO2P. The van der Waals surface area contributed by atoms with Crippen LogP contribution in [0.1, 0.15) is 0 Å². The first-order valence-corrected chi connectivity index (χ1v) is 5.59. The minimum atomic E-state index is -0.0434. The van der Waals surface area contributed by atoms with Gasteiger partial charge in [-0.25, -0.2) is 0 Å². The summed E-state index contributed by atoms with van der Waals surface area (Å²) in [5.41, 5.74) is 0.712. The van der Waals surface area contributed by atoms with Crippen molar-refractivity contribution in [2.75, 3.05) is 18.6 Å². The molecule has 15 heavy (non-hydrogen) atoms. The summed E-state index contributed by atoms with van der Waals surface area (Å²) in [6, 6.07) is 7.16. The Hall–Kier alpha value is -1.52. The maximum absolute atomic E-state index is 11.3. The lowest BCUT2D eigenvalue weighted by Crippen LogP contribution is -2.03. The largest absolute Gasteiger partial charge is 0.497 e. The number of anilines is 1. The minimum Gasteiger partial charge on any atom is -0.497 e. The molecule has 78 valence electrons. The van der Waals surface area contributed by atoms with E-state index in [9.17, 15) is 4.79 Å². The van der Waals surface area contributed by atoms with E-state index >= 15 is 0 Å². The summed E-state index contributed by atoms with van der Waals surface area (Å²) in [7, 11) is 1.71. The number of carbonyl (C=O) groups is 1. The van der Waals surface area contributed by atoms with E-state index in [1.165, 1.54) is 0 Å². The third-order valence-electron chi connectivity index (χ3n) is 1.70. The highest BCUT2D eigenvalue weighted by molar-refractivity contribution is 7.58. The van der Waals surface area contributed by atoms with Crippen LogP contribution in [-0.4, -0.2) is 18.9 Å². The van der Waals surface area contributed by atoms with Crippen LogP contribution in [0.3, 0.4) is 0 Å². The Morgan fingerprint density at radius 3 is 2.73 bits per heavy atom. The lowest BCUT2D eigenvalue weighted by Gasteiger charge is -2.04. The van der Waals surface area contributed by atoms with E-state index in [1.807, 2.05) is 0 Å². The van der Waals surface area contributed by atoms with Crippen LogP contribution in [0.25, 0.3) is 0 Å². The van der Waals surface area contributed by atoms with Crippen LogP contribution in [0.4, 0.5) is 10.5 Å². The van der Waals surface area contributed by atoms with Gasteiger partial charge in [-0.3, -0.25) is 4.79 Å². The molecule has 0 aliphatic carbocycles. The fourth-order valence-electron chi connectivity index (χ4n) is 0.981. The number of methoxy groups -OCH3 is 1. The maximum Gasteiger partial charge on any atom is 0.243 e. The molecule has 1 rings (SSSR count). The van der Waals surface area contributed by atoms with E-state index < -0.39 is 0 Å². The van der Waals surface area contributed by atoms with Gasteiger partial charge < -0.3 is 10.1 Å². The Morgan fingerprint density at radius 1 is 1.53 bits per heavy atom. The Morgan fingerprint density at radius 2 is 2.20 bits per heavy atom. The van der Waals surface area contributed by atoms with Gasteiger partial charge in [-0.2, -0.15) is 0 Å². The summed E-state index contributed by atoms with van der Waals surface area (Å²) in [6.07, 6.45) is 5.56. The number of hydrogen-bond acceptors (Lipinski definition) is 2. The Bertz CT molecular complexity index is 367. The molecule has 0 saturated carbocycles. The highest BCUT2D eigenvalue weighted by atomic mass is 31.1. The summed E-state index contributed by atoms with van der Waals surface area (Å²) >= 11 is 0. The number of terminal acetylenes is 1. The summed E-state index contributed by atoms with van der Waals surface area (Å²) in [5, 5.41) is 2.75. The molecule has 0 aromatic heterocycles. The lowest BCUT2D eigenvalue weighted by molar-refractivity contribution is 0.269. The van der Waals surface area contributed by atoms with Gasteiger partial charge in [0.15, 0.2) is 0 Å². The van der Waals surface area contributed by atoms with Crippen LogP contribution >= 0.6 is 8.58 Å². The quantitative estimate of drug-likeness (QED) is 0.626. The molecule has 1 N–H and O–H groups in total. The zero-order chi connectivity index (χ0) is 11.1. The number of carbonyl (C=O) groups excluding carboxylic acids is 1. The second-order valence-electron chi connectivity index (χ2n) is 2.74. The molecule has 1 aromatic carbocycles. The molecule has 1 aromatic rings. The standard InChI is InChI=1S/C11H12NO2P/c1-3-8-15-11(13)12-9-4-6-10(14-2)7-5-9/h1,4-7,15H,8H2,2H3,(H,12,13). The van der Waals surface area contributed by atoms with Gasteiger partial charge in [-0.1, -0.05) is 0 Å². The van der Waals surface area contributed by atoms with Crippen LogP contribution in [0.2, 0.25) is 0 Å². The third-order valence-corrected chi connectivity index (χ3v) is 2.53. The van der Waals surface area contributed by atoms with Crippen LogP contribution < -0.4 is 10.1 Å². The van der Waals surface area contributed by atoms with Crippen LogP contribution in [0.5, 0.6) is 5.75 Å². The molecule has 4 heteroatoms. The van der Waals surface area contributed by atoms with Crippen molar-refractivity contribution in [3.63, 3.8) is 0 Å². The first kappa shape index (κ1) is 11.6. The van der Waals surface area contributed by atoms with Crippen LogP contribution in [0, 0.1) is 12.3 Å². The number of amides is 1. The van der Waals surface area contributed by atoms with E-state index in [0.29, 0.717) is 6.16 Å². The molecule has 0 spiro atoms. The highest BCUT2D eigenvalue weighted by Crippen LogP contribution is 2.18. The molecule has 0 aliphatic rings. The predicted octanol–water partition coefficient (Wildman–Crippen LogP) is 2.54. The van der Waals surface area contributed by atoms with Gasteiger partial charge in [0, 0.05) is 11.8 Å². The Labute approximate surface area is 91.0 Å². The molecule has 0 fully saturated rings. The SMILES string of the molecule is C#CCPC(=O)Nc1ccc(OC)cc1. The van der Waals surface area contributed by atoms with Gasteiger partial charge in [-0.05, 0) is 32.8 Å². The van der Waals surface area contributed by atoms with E-state index in [-0.39, 0.29) is 14.2 Å². The fourth-order valence-corrected chi connectivity index (χ4v) is 1.48. The Balaban J connectivity index is 2.50. The smallest absolute Gasteiger partial charge is 0.243 e. The summed E-state index contributed by atoms with van der Waals surface area (Å²) in [6.45, 7) is 0. The topological polar surface area (TPSA) is 38.3 Å². The summed E-state index contributed by atoms with van der Waals surface area (Å²) in [4.78, 5) is 11.3. The second kappa shape index (κ2) is 6.06. The average molecular weight is 221 g/mol. The first-order valence-electron chi connectivity index (χ1n) is 4.38. The molecule has 0 heterocycles. The van der Waals surface area contributed by atoms with Crippen molar-refractivity contribution >= 4 is 19.9 Å². The van der Waals surface area contributed by atoms with Crippen molar-refractivity contribution < 1.29 is 9.53 Å². The number of hydrogen-bond donors (Lipinski definition) is 1. The van der Waals surface area contributed by atoms with Gasteiger partial charge in [0.2, 0.25) is 5.65 Å². The van der Waals surface area contributed by atoms with Gasteiger partial charge in [-0.15, -0.1) is 12.3 Å². The maximum atomic E-state index is 11.3. The third kappa shape index (κ3) is 4.01. The normalized spacial score (nSPS) is 9.87. The summed E-state index contributed by atoms with van der Waals surface area (Å²) in [5.74, 6) is 3.20. The molecule has 1 atom stereocenters. The van der Waals surface area contributed by atoms with Gasteiger partial charge in [0.05, 0.1) is 7.11 Å². The fraction of sp³-hybridized carbons (Fsp3) is 0.182. The van der Waals surface area contributed by atoms with E-state index in [4.69, 9.17) is 11.2 Å². The van der Waals surface area contributed by atoms with Crippen molar-refractivity contribution in [3.05, 3.63) is 24.3 Å². The van der Waals surface area contributed by atoms with Crippen molar-refractivity contribution in [3.8, 4) is 18.1 Å². The number of rotatable bonds is 4. The zero-order valence-electron chi connectivity index (χ0n) is 8.41. The highest BCUT2D eigenvalue weighted by Gasteiger charge is 2.00. The van der Waals surface area contributed by atoms with Gasteiger partial charge >= 0.3 is 0 Å². The lowest BCUT2D eigenvalue weighted by atomic mass is 10.3. The van der Waals surface area contributed by atoms with E-state index in [1.54, 1.807) is 31.4 Å². The van der Waals surface area contributed by atoms with Crippen molar-refractivity contribution in [2.24, 2.45) is 0 Å². The molecule has 0 radical (unpaired) electrons. The van der Waals surface area contributed by atoms with Crippen molar-refractivity contribution in [1.29, 1.82) is 0 Å². The van der Waals surface area contributed by atoms with Gasteiger partial charge in [0.25, 0.3) is 0 Å². The average Bonchev–Trinajstić information content (AvgIpc) is 2.27. The van der Waals surface area contributed by atoms with Crippen molar-refractivity contribution in [2.45, 2.75) is 0 Å². The molecule has 1 amide bonds. The second-order valence-corrected chi connectivity index (χ2v) is 3.90. The number of nitrogens with one attached hydrogen (secondary N) is 1. The minimum absolute atomic E-state index is 0.0434. The monoisotopic (exact) mass is 221 g/mol. The molecular weight excluding hydrogens is 209 g/mol. The van der Waals surface area contributed by atoms with Crippen molar-refractivity contribution in [1.82, 2.24) is 0 Å². The molecule has 3 nitrogen and oxygen atoms in total. The molecule has 0 saturated heterocycles. The van der Waals surface area contributed by atoms with E-state index in [0.717, 1.165) is 11.4 Å². The summed E-state index contributed by atoms with van der Waals surface area (Å²) < 4.78 is 5.00. The van der Waals surface area contributed by atoms with E-state index in [2.05, 4.69) is 11.2 Å².